The summed E-state index contributed by atoms with van der Waals surface area (Å²) in [6.45, 7) is 9.26. The highest BCUT2D eigenvalue weighted by Crippen LogP contribution is 2.29. The third kappa shape index (κ3) is 4.65. The first-order valence-electron chi connectivity index (χ1n) is 10.7. The molecule has 1 aliphatic rings. The van der Waals surface area contributed by atoms with Gasteiger partial charge in [0.05, 0.1) is 15.1 Å². The quantitative estimate of drug-likeness (QED) is 0.539. The average Bonchev–Trinajstić information content (AvgIpc) is 3.14. The maximum Gasteiger partial charge on any atom is 0.269 e. The van der Waals surface area contributed by atoms with Crippen LogP contribution in [0.3, 0.4) is 0 Å². The number of carbonyl (C=O) groups is 1. The third-order valence-corrected chi connectivity index (χ3v) is 8.47. The molecule has 1 fully saturated rings. The first-order valence-corrected chi connectivity index (χ1v) is 12.9. The van der Waals surface area contributed by atoms with Crippen molar-refractivity contribution >= 4 is 42.6 Å². The zero-order chi connectivity index (χ0) is 23.0. The van der Waals surface area contributed by atoms with Crippen LogP contribution >= 0.6 is 11.3 Å². The van der Waals surface area contributed by atoms with E-state index in [1.807, 2.05) is 13.8 Å². The number of aromatic nitrogens is 1. The highest BCUT2D eigenvalue weighted by atomic mass is 32.2. The molecule has 0 saturated carbocycles. The minimum atomic E-state index is -3.57. The molecule has 0 aliphatic carbocycles. The molecule has 2 N–H and O–H groups in total. The minimum absolute atomic E-state index is 0.209. The number of hydrogen-bond acceptors (Lipinski definition) is 6. The van der Waals surface area contributed by atoms with E-state index in [9.17, 15) is 13.2 Å². The molecular weight excluding hydrogens is 444 g/mol. The Hall–Kier alpha value is -2.49. The van der Waals surface area contributed by atoms with E-state index < -0.39 is 10.0 Å². The van der Waals surface area contributed by atoms with Crippen molar-refractivity contribution in [2.45, 2.75) is 39.0 Å². The summed E-state index contributed by atoms with van der Waals surface area (Å²) < 4.78 is 28.6. The normalized spacial score (nSPS) is 19.8. The van der Waals surface area contributed by atoms with E-state index in [-0.39, 0.29) is 10.8 Å². The van der Waals surface area contributed by atoms with Crippen molar-refractivity contribution in [1.82, 2.24) is 14.7 Å². The largest absolute Gasteiger partial charge is 0.273 e. The summed E-state index contributed by atoms with van der Waals surface area (Å²) >= 11 is 1.46. The molecule has 0 bridgehead atoms. The molecule has 2 atom stereocenters. The van der Waals surface area contributed by atoms with Crippen molar-refractivity contribution in [1.29, 1.82) is 0 Å². The molecule has 1 saturated heterocycles. The summed E-state index contributed by atoms with van der Waals surface area (Å²) in [7, 11) is -3.57. The average molecular weight is 473 g/mol. The number of carbonyl (C=O) groups excluding carboxylic acids is 1. The predicted molar refractivity (Wildman–Crippen MR) is 128 cm³/mol. The Balaban J connectivity index is 1.44. The second kappa shape index (κ2) is 8.80. The summed E-state index contributed by atoms with van der Waals surface area (Å²) in [5, 5.41) is 0.592. The van der Waals surface area contributed by atoms with Crippen LogP contribution in [0, 0.1) is 25.7 Å². The lowest BCUT2D eigenvalue weighted by Crippen LogP contribution is -2.42. The molecule has 0 unspecified atom stereocenters. The number of piperidine rings is 1. The number of amides is 1. The van der Waals surface area contributed by atoms with Gasteiger partial charge in [-0.3, -0.25) is 15.6 Å². The molecule has 170 valence electrons. The van der Waals surface area contributed by atoms with Crippen molar-refractivity contribution in [3.63, 3.8) is 0 Å². The number of aryl methyl sites for hydroxylation is 2. The second-order valence-electron chi connectivity index (χ2n) is 8.82. The summed E-state index contributed by atoms with van der Waals surface area (Å²) in [5.41, 5.74) is 9.04. The van der Waals surface area contributed by atoms with E-state index >= 15 is 0 Å². The molecule has 2 aromatic carbocycles. The van der Waals surface area contributed by atoms with Crippen molar-refractivity contribution in [3.8, 4) is 0 Å². The molecule has 32 heavy (non-hydrogen) atoms. The Morgan fingerprint density at radius 1 is 1.09 bits per heavy atom. The Morgan fingerprint density at radius 3 is 2.41 bits per heavy atom. The van der Waals surface area contributed by atoms with Crippen molar-refractivity contribution < 1.29 is 13.2 Å². The van der Waals surface area contributed by atoms with Crippen LogP contribution in [-0.2, 0) is 10.0 Å². The molecule has 1 aromatic heterocycles. The number of sulfonamides is 1. The van der Waals surface area contributed by atoms with E-state index in [4.69, 9.17) is 0 Å². The van der Waals surface area contributed by atoms with Gasteiger partial charge >= 0.3 is 0 Å². The first kappa shape index (κ1) is 22.7. The lowest BCUT2D eigenvalue weighted by molar-refractivity contribution is 0.0962. The fourth-order valence-electron chi connectivity index (χ4n) is 4.34. The summed E-state index contributed by atoms with van der Waals surface area (Å²) in [5.74, 6) is 0.307. The summed E-state index contributed by atoms with van der Waals surface area (Å²) in [4.78, 5) is 17.3. The monoisotopic (exact) mass is 472 g/mol. The van der Waals surface area contributed by atoms with E-state index in [1.165, 1.54) is 35.6 Å². The van der Waals surface area contributed by atoms with Gasteiger partial charge in [0.1, 0.15) is 0 Å². The second-order valence-corrected chi connectivity index (χ2v) is 11.8. The number of nitrogens with zero attached hydrogens (tertiary/aromatic N) is 2. The molecule has 7 nitrogen and oxygen atoms in total. The minimum Gasteiger partial charge on any atom is -0.273 e. The number of benzene rings is 2. The van der Waals surface area contributed by atoms with Crippen LogP contribution in [0.25, 0.3) is 10.2 Å². The van der Waals surface area contributed by atoms with E-state index in [2.05, 4.69) is 41.8 Å². The highest BCUT2D eigenvalue weighted by molar-refractivity contribution is 7.89. The van der Waals surface area contributed by atoms with Gasteiger partial charge in [0.2, 0.25) is 15.2 Å². The number of nitrogens with one attached hydrogen (secondary N) is 2. The van der Waals surface area contributed by atoms with Gasteiger partial charge in [-0.25, -0.2) is 13.4 Å². The Bertz CT molecular complexity index is 1240. The van der Waals surface area contributed by atoms with Gasteiger partial charge in [0, 0.05) is 18.7 Å². The van der Waals surface area contributed by atoms with Gasteiger partial charge in [0.15, 0.2) is 0 Å². The van der Waals surface area contributed by atoms with Crippen LogP contribution in [-0.4, -0.2) is 36.7 Å². The topological polar surface area (TPSA) is 91.4 Å². The summed E-state index contributed by atoms with van der Waals surface area (Å²) in [6, 6.07) is 10.2. The number of hydrogen-bond donors (Lipinski definition) is 2. The fraction of sp³-hybridized carbons (Fsp3) is 0.391. The van der Waals surface area contributed by atoms with Gasteiger partial charge in [-0.15, -0.1) is 0 Å². The van der Waals surface area contributed by atoms with Crippen molar-refractivity contribution in [2.24, 2.45) is 11.8 Å². The molecule has 1 amide bonds. The third-order valence-electron chi connectivity index (χ3n) is 5.70. The molecule has 0 spiro atoms. The molecular formula is C23H28N4O3S2. The van der Waals surface area contributed by atoms with Crippen LogP contribution in [0.4, 0.5) is 5.13 Å². The van der Waals surface area contributed by atoms with Crippen LogP contribution in [0.2, 0.25) is 0 Å². The Labute approximate surface area is 192 Å². The van der Waals surface area contributed by atoms with Crippen LogP contribution in [0.1, 0.15) is 41.8 Å². The number of anilines is 1. The lowest BCUT2D eigenvalue weighted by Gasteiger charge is -2.34. The number of fused-ring (bicyclic) bond motifs is 1. The predicted octanol–water partition coefficient (Wildman–Crippen LogP) is 4.34. The van der Waals surface area contributed by atoms with Gasteiger partial charge in [-0.05, 0) is 73.6 Å². The Kier molecular flexibility index (Phi) is 6.24. The first-order chi connectivity index (χ1) is 15.1. The van der Waals surface area contributed by atoms with Crippen LogP contribution in [0.5, 0.6) is 0 Å². The van der Waals surface area contributed by atoms with Gasteiger partial charge in [0.25, 0.3) is 5.91 Å². The molecule has 0 radical (unpaired) electrons. The van der Waals surface area contributed by atoms with Crippen LogP contribution < -0.4 is 10.9 Å². The number of rotatable bonds is 5. The summed E-state index contributed by atoms with van der Waals surface area (Å²) in [6.07, 6.45) is 1.03. The smallest absolute Gasteiger partial charge is 0.269 e. The molecule has 4 rings (SSSR count). The fourth-order valence-corrected chi connectivity index (χ4v) is 7.01. The lowest BCUT2D eigenvalue weighted by atomic mass is 9.94. The maximum atomic E-state index is 13.0. The van der Waals surface area contributed by atoms with Crippen molar-refractivity contribution in [3.05, 3.63) is 53.1 Å². The molecule has 1 aliphatic heterocycles. The number of hydrazine groups is 1. The van der Waals surface area contributed by atoms with Gasteiger partial charge in [-0.2, -0.15) is 4.31 Å². The van der Waals surface area contributed by atoms with E-state index in [1.54, 1.807) is 4.31 Å². The van der Waals surface area contributed by atoms with Crippen molar-refractivity contribution in [2.75, 3.05) is 18.5 Å². The zero-order valence-corrected chi connectivity index (χ0v) is 20.3. The Morgan fingerprint density at radius 2 is 1.75 bits per heavy atom. The molecule has 9 heteroatoms. The number of thiazole rings is 1. The molecule has 2 heterocycles. The van der Waals surface area contributed by atoms with E-state index in [0.717, 1.165) is 27.8 Å². The zero-order valence-electron chi connectivity index (χ0n) is 18.7. The van der Waals surface area contributed by atoms with Gasteiger partial charge in [-0.1, -0.05) is 31.3 Å². The SMILES string of the molecule is Cc1cc(C)c2nc(NNC(=O)c3ccc(S(=O)(=O)N4C[C@H](C)C[C@@H](C)C4)cc3)sc2c1. The standard InChI is InChI=1S/C23H28N4O3S2/c1-14-10-17(4)21-20(11-14)31-23(24-21)26-25-22(28)18-5-7-19(8-6-18)32(29,30)27-12-15(2)9-16(3)13-27/h5-8,10-11,15-16H,9,12-13H2,1-4H3,(H,24,26)(H,25,28)/t15-,16-/m1/s1. The van der Waals surface area contributed by atoms with Gasteiger partial charge < -0.3 is 0 Å². The molecule has 3 aromatic rings. The maximum absolute atomic E-state index is 13.0. The van der Waals surface area contributed by atoms with E-state index in [0.29, 0.717) is 35.6 Å². The highest BCUT2D eigenvalue weighted by Gasteiger charge is 2.31. The van der Waals surface area contributed by atoms with Crippen LogP contribution in [0.15, 0.2) is 41.3 Å².